The fraction of sp³-hybridized carbons (Fsp3) is 0.158. The summed E-state index contributed by atoms with van der Waals surface area (Å²) in [6, 6.07) is 17.4. The Morgan fingerprint density at radius 2 is 1.90 bits per heavy atom. The van der Waals surface area contributed by atoms with Crippen molar-refractivity contribution in [1.29, 1.82) is 0 Å². The van der Waals surface area contributed by atoms with E-state index < -0.39 is 0 Å². The van der Waals surface area contributed by atoms with Gasteiger partial charge in [-0.05, 0) is 58.8 Å². The van der Waals surface area contributed by atoms with Gasteiger partial charge < -0.3 is 11.2 Å². The van der Waals surface area contributed by atoms with Gasteiger partial charge in [0.1, 0.15) is 0 Å². The second kappa shape index (κ2) is 10.3. The number of aromatic nitrogens is 3. The monoisotopic (exact) mass is 521 g/mol. The normalized spacial score (nSPS) is 11.3. The van der Waals surface area contributed by atoms with E-state index in [1.54, 1.807) is 0 Å². The summed E-state index contributed by atoms with van der Waals surface area (Å²) in [6.45, 7) is 2.02. The second-order valence-electron chi connectivity index (χ2n) is 5.91. The maximum absolute atomic E-state index is 12.1. The molecule has 1 heterocycles. The van der Waals surface area contributed by atoms with Gasteiger partial charge in [-0.25, -0.2) is 10.1 Å². The summed E-state index contributed by atoms with van der Waals surface area (Å²) < 4.78 is 2.39. The lowest BCUT2D eigenvalue weighted by Gasteiger charge is -2.06. The molecule has 3 aromatic rings. The Morgan fingerprint density at radius 1 is 1.17 bits per heavy atom. The molecule has 0 atom stereocenters. The van der Waals surface area contributed by atoms with Crippen LogP contribution in [-0.4, -0.2) is 32.2 Å². The zero-order chi connectivity index (χ0) is 20.6. The van der Waals surface area contributed by atoms with Crippen molar-refractivity contribution in [1.82, 2.24) is 14.9 Å². The van der Waals surface area contributed by atoms with E-state index in [-0.39, 0.29) is 11.7 Å². The Bertz CT molecular complexity index is 990. The van der Waals surface area contributed by atoms with Crippen molar-refractivity contribution in [3.05, 3.63) is 63.7 Å². The average molecular weight is 521 g/mol. The van der Waals surface area contributed by atoms with Crippen molar-refractivity contribution in [3.8, 4) is 0 Å². The fourth-order valence-corrected chi connectivity index (χ4v) is 3.42. The van der Waals surface area contributed by atoms with E-state index in [1.165, 1.54) is 16.4 Å². The number of carbonyl (C=O) groups is 1. The van der Waals surface area contributed by atoms with Gasteiger partial charge in [0.2, 0.25) is 11.1 Å². The highest BCUT2D eigenvalue weighted by atomic mass is 127. The molecular formula is C19H20IN7OS. The summed E-state index contributed by atoms with van der Waals surface area (Å²) in [4.78, 5) is 12.1. The van der Waals surface area contributed by atoms with Crippen LogP contribution in [0.2, 0.25) is 0 Å². The van der Waals surface area contributed by atoms with Gasteiger partial charge in [-0.3, -0.25) is 4.79 Å². The lowest BCUT2D eigenvalue weighted by atomic mass is 10.1. The number of carbonyl (C=O) groups excluding carboxylic acids is 1. The van der Waals surface area contributed by atoms with Gasteiger partial charge in [-0.2, -0.15) is 5.10 Å². The lowest BCUT2D eigenvalue weighted by molar-refractivity contribution is -0.113. The van der Waals surface area contributed by atoms with Gasteiger partial charge in [-0.15, -0.1) is 10.2 Å². The first-order valence-electron chi connectivity index (χ1n) is 8.83. The molecule has 1 aromatic heterocycles. The Hall–Kier alpha value is -2.60. The van der Waals surface area contributed by atoms with E-state index in [0.29, 0.717) is 11.1 Å². The summed E-state index contributed by atoms with van der Waals surface area (Å²) >= 11 is 3.41. The van der Waals surface area contributed by atoms with Crippen molar-refractivity contribution in [2.45, 2.75) is 18.5 Å². The maximum atomic E-state index is 12.1. The minimum Gasteiger partial charge on any atom is -0.334 e. The number of benzene rings is 2. The largest absolute Gasteiger partial charge is 0.334 e. The molecule has 0 aliphatic carbocycles. The van der Waals surface area contributed by atoms with Gasteiger partial charge in [0.15, 0.2) is 0 Å². The zero-order valence-electron chi connectivity index (χ0n) is 15.7. The fourth-order valence-electron chi connectivity index (χ4n) is 2.41. The van der Waals surface area contributed by atoms with Crippen molar-refractivity contribution in [2.75, 3.05) is 22.3 Å². The van der Waals surface area contributed by atoms with Crippen LogP contribution >= 0.6 is 34.4 Å². The maximum Gasteiger partial charge on any atom is 0.264 e. The van der Waals surface area contributed by atoms with Gasteiger partial charge >= 0.3 is 0 Å². The minimum atomic E-state index is -0.149. The molecule has 10 heteroatoms. The van der Waals surface area contributed by atoms with Gasteiger partial charge in [0.05, 0.1) is 11.5 Å². The number of thioether (sulfide) groups is 1. The molecule has 0 fully saturated rings. The molecule has 4 N–H and O–H groups in total. The number of amides is 1. The van der Waals surface area contributed by atoms with Gasteiger partial charge in [0.25, 0.3) is 5.95 Å². The molecule has 0 saturated heterocycles. The molecule has 150 valence electrons. The molecule has 0 spiro atoms. The zero-order valence-corrected chi connectivity index (χ0v) is 18.6. The number of anilines is 2. The number of nitrogens with zero attached hydrogens (tertiary/aromatic N) is 4. The van der Waals surface area contributed by atoms with Crippen LogP contribution in [0, 0.1) is 3.57 Å². The number of rotatable bonds is 8. The Morgan fingerprint density at radius 3 is 2.59 bits per heavy atom. The number of hydrogen-bond acceptors (Lipinski definition) is 7. The third-order valence-corrected chi connectivity index (χ3v) is 5.52. The summed E-state index contributed by atoms with van der Waals surface area (Å²) in [5.41, 5.74) is 5.49. The van der Waals surface area contributed by atoms with Crippen molar-refractivity contribution in [2.24, 2.45) is 5.10 Å². The highest BCUT2D eigenvalue weighted by molar-refractivity contribution is 14.1. The number of nitrogen functional groups attached to an aromatic ring is 1. The third kappa shape index (κ3) is 5.94. The van der Waals surface area contributed by atoms with Crippen LogP contribution in [0.5, 0.6) is 0 Å². The van der Waals surface area contributed by atoms with Gasteiger partial charge in [0, 0.05) is 9.26 Å². The summed E-state index contributed by atoms with van der Waals surface area (Å²) in [5.74, 6) is 6.34. The topological polar surface area (TPSA) is 110 Å². The minimum absolute atomic E-state index is 0.149. The lowest BCUT2D eigenvalue weighted by Crippen LogP contribution is -2.17. The van der Waals surface area contributed by atoms with Crippen LogP contribution in [-0.2, 0) is 4.79 Å². The second-order valence-corrected chi connectivity index (χ2v) is 8.10. The van der Waals surface area contributed by atoms with Crippen molar-refractivity contribution >= 4 is 57.6 Å². The Balaban J connectivity index is 1.58. The standard InChI is InChI=1S/C19H20IN7OS/c1-2-16(13-6-4-3-5-7-13)23-24-18-25-26-19(27(18)21)29-12-17(28)22-15-10-8-14(20)9-11-15/h3-11H,2,12,21H2,1H3,(H,22,28)(H,24,25)/b23-16+. The molecular weight excluding hydrogens is 501 g/mol. The molecule has 2 aromatic carbocycles. The number of nitrogens with two attached hydrogens (primary N) is 1. The molecule has 3 rings (SSSR count). The summed E-state index contributed by atoms with van der Waals surface area (Å²) in [7, 11) is 0. The predicted octanol–water partition coefficient (Wildman–Crippen LogP) is 3.55. The Kier molecular flexibility index (Phi) is 7.47. The van der Waals surface area contributed by atoms with Gasteiger partial charge in [-0.1, -0.05) is 49.0 Å². The quantitative estimate of drug-likeness (QED) is 0.138. The van der Waals surface area contributed by atoms with Crippen LogP contribution < -0.4 is 16.6 Å². The SMILES string of the molecule is CC/C(=N\Nc1nnc(SCC(=O)Nc2ccc(I)cc2)n1N)c1ccccc1. The summed E-state index contributed by atoms with van der Waals surface area (Å²) in [6.07, 6.45) is 0.746. The summed E-state index contributed by atoms with van der Waals surface area (Å²) in [5, 5.41) is 15.7. The highest BCUT2D eigenvalue weighted by Gasteiger charge is 2.12. The molecule has 0 aliphatic rings. The molecule has 0 saturated carbocycles. The Labute approximate surface area is 186 Å². The number of hydrazone groups is 1. The van der Waals surface area contributed by atoms with E-state index in [2.05, 4.69) is 48.6 Å². The van der Waals surface area contributed by atoms with E-state index in [9.17, 15) is 4.79 Å². The van der Waals surface area contributed by atoms with Crippen LogP contribution in [0.4, 0.5) is 11.6 Å². The average Bonchev–Trinajstić information content (AvgIpc) is 3.09. The van der Waals surface area contributed by atoms with Crippen molar-refractivity contribution in [3.63, 3.8) is 0 Å². The molecule has 0 bridgehead atoms. The number of hydrogen-bond donors (Lipinski definition) is 3. The van der Waals surface area contributed by atoms with Crippen LogP contribution in [0.15, 0.2) is 64.9 Å². The first kappa shape index (κ1) is 21.1. The van der Waals surface area contributed by atoms with Crippen LogP contribution in [0.3, 0.4) is 0 Å². The molecule has 0 aliphatic heterocycles. The first-order valence-corrected chi connectivity index (χ1v) is 10.9. The smallest absolute Gasteiger partial charge is 0.264 e. The van der Waals surface area contributed by atoms with Crippen LogP contribution in [0.25, 0.3) is 0 Å². The highest BCUT2D eigenvalue weighted by Crippen LogP contribution is 2.18. The van der Waals surface area contributed by atoms with E-state index in [0.717, 1.165) is 27.0 Å². The van der Waals surface area contributed by atoms with E-state index in [4.69, 9.17) is 5.84 Å². The molecule has 29 heavy (non-hydrogen) atoms. The first-order chi connectivity index (χ1) is 14.1. The molecule has 1 amide bonds. The van der Waals surface area contributed by atoms with Crippen molar-refractivity contribution < 1.29 is 4.79 Å². The predicted molar refractivity (Wildman–Crippen MR) is 126 cm³/mol. The molecule has 8 nitrogen and oxygen atoms in total. The number of nitrogens with one attached hydrogen (secondary N) is 2. The molecule has 0 unspecified atom stereocenters. The van der Waals surface area contributed by atoms with Crippen LogP contribution in [0.1, 0.15) is 18.9 Å². The van der Waals surface area contributed by atoms with E-state index in [1.807, 2.05) is 61.5 Å². The molecule has 0 radical (unpaired) electrons. The van der Waals surface area contributed by atoms with E-state index >= 15 is 0 Å². The third-order valence-electron chi connectivity index (χ3n) is 3.86. The number of halogens is 1.